The molecule has 0 radical (unpaired) electrons. The maximum absolute atomic E-state index is 12.7. The van der Waals surface area contributed by atoms with Crippen LogP contribution in [0.25, 0.3) is 0 Å². The van der Waals surface area contributed by atoms with Gasteiger partial charge in [-0.3, -0.25) is 9.52 Å². The van der Waals surface area contributed by atoms with Gasteiger partial charge in [0.1, 0.15) is 4.21 Å². The Bertz CT molecular complexity index is 1480. The number of nitrogens with zero attached hydrogens (tertiary/aromatic N) is 1. The van der Waals surface area contributed by atoms with Gasteiger partial charge >= 0.3 is 5.97 Å². The zero-order valence-corrected chi connectivity index (χ0v) is 22.6. The second-order valence-corrected chi connectivity index (χ2v) is 13.0. The predicted octanol–water partition coefficient (Wildman–Crippen LogP) is 2.75. The van der Waals surface area contributed by atoms with Crippen LogP contribution in [0.15, 0.2) is 75.1 Å². The molecule has 1 aliphatic heterocycles. The standard InChI is InChI=1S/C24H25N3O8S3/c1-17(23(28)25-19-8-10-21(11-9-19)38(32,33)27-12-14-34-15-13-27)35-24(29)18-4-6-20(7-5-18)26-37(30,31)22-3-2-16-36-22/h2-11,16-17,26H,12-15H2,1H3,(H,25,28). The van der Waals surface area contributed by atoms with Crippen LogP contribution in [-0.4, -0.2) is 65.4 Å². The molecule has 0 aliphatic carbocycles. The Labute approximate surface area is 224 Å². The van der Waals surface area contributed by atoms with E-state index in [9.17, 15) is 26.4 Å². The normalized spacial score (nSPS) is 15.4. The molecule has 1 aliphatic rings. The lowest BCUT2D eigenvalue weighted by molar-refractivity contribution is -0.123. The van der Waals surface area contributed by atoms with E-state index in [-0.39, 0.29) is 33.4 Å². The highest BCUT2D eigenvalue weighted by molar-refractivity contribution is 7.94. The summed E-state index contributed by atoms with van der Waals surface area (Å²) >= 11 is 1.08. The number of hydrogen-bond acceptors (Lipinski definition) is 9. The molecule has 0 saturated carbocycles. The number of amides is 1. The molecule has 1 aromatic heterocycles. The summed E-state index contributed by atoms with van der Waals surface area (Å²) in [5.41, 5.74) is 0.724. The third kappa shape index (κ3) is 6.57. The SMILES string of the molecule is CC(OC(=O)c1ccc(NS(=O)(=O)c2cccs2)cc1)C(=O)Nc1ccc(S(=O)(=O)N2CCOCC2)cc1. The number of carbonyl (C=O) groups excluding carboxylic acids is 2. The largest absolute Gasteiger partial charge is 0.449 e. The summed E-state index contributed by atoms with van der Waals surface area (Å²) < 4.78 is 64.4. The smallest absolute Gasteiger partial charge is 0.338 e. The van der Waals surface area contributed by atoms with Crippen LogP contribution in [0.4, 0.5) is 11.4 Å². The number of anilines is 2. The van der Waals surface area contributed by atoms with Crippen molar-refractivity contribution in [2.45, 2.75) is 22.1 Å². The fourth-order valence-electron chi connectivity index (χ4n) is 3.47. The molecule has 2 aromatic carbocycles. The summed E-state index contributed by atoms with van der Waals surface area (Å²) in [6, 6.07) is 14.4. The molecular formula is C24H25N3O8S3. The zero-order valence-electron chi connectivity index (χ0n) is 20.2. The number of sulfonamides is 2. The van der Waals surface area contributed by atoms with E-state index in [2.05, 4.69) is 10.0 Å². The minimum atomic E-state index is -3.72. The van der Waals surface area contributed by atoms with Crippen LogP contribution < -0.4 is 10.0 Å². The molecule has 4 rings (SSSR count). The minimum Gasteiger partial charge on any atom is -0.449 e. The average Bonchev–Trinajstić information content (AvgIpc) is 3.46. The van der Waals surface area contributed by atoms with Crippen LogP contribution >= 0.6 is 11.3 Å². The second kappa shape index (κ2) is 11.6. The molecule has 1 saturated heterocycles. The van der Waals surface area contributed by atoms with E-state index >= 15 is 0 Å². The fourth-order valence-corrected chi connectivity index (χ4v) is 6.93. The van der Waals surface area contributed by atoms with Gasteiger partial charge in [-0.25, -0.2) is 21.6 Å². The Hall–Kier alpha value is -3.30. The Balaban J connectivity index is 1.32. The van der Waals surface area contributed by atoms with Crippen LogP contribution in [0.3, 0.4) is 0 Å². The van der Waals surface area contributed by atoms with Crippen molar-refractivity contribution >= 4 is 54.6 Å². The molecule has 14 heteroatoms. The van der Waals surface area contributed by atoms with Crippen molar-refractivity contribution in [2.75, 3.05) is 36.3 Å². The van der Waals surface area contributed by atoms with Gasteiger partial charge in [-0.05, 0) is 66.9 Å². The number of hydrogen-bond donors (Lipinski definition) is 2. The van der Waals surface area contributed by atoms with Crippen molar-refractivity contribution in [3.63, 3.8) is 0 Å². The van der Waals surface area contributed by atoms with Gasteiger partial charge in [0.2, 0.25) is 10.0 Å². The Morgan fingerprint density at radius 3 is 2.18 bits per heavy atom. The van der Waals surface area contributed by atoms with E-state index in [1.807, 2.05) is 0 Å². The van der Waals surface area contributed by atoms with Gasteiger partial charge in [-0.1, -0.05) is 6.07 Å². The van der Waals surface area contributed by atoms with E-state index in [1.54, 1.807) is 11.4 Å². The van der Waals surface area contributed by atoms with Gasteiger partial charge in [0.05, 0.1) is 23.7 Å². The molecule has 1 fully saturated rings. The lowest BCUT2D eigenvalue weighted by Crippen LogP contribution is -2.40. The quantitative estimate of drug-likeness (QED) is 0.368. The summed E-state index contributed by atoms with van der Waals surface area (Å²) in [6.45, 7) is 2.62. The van der Waals surface area contributed by atoms with Crippen molar-refractivity contribution < 1.29 is 35.9 Å². The van der Waals surface area contributed by atoms with Crippen LogP contribution in [0.1, 0.15) is 17.3 Å². The first-order valence-corrected chi connectivity index (χ1v) is 15.2. The van der Waals surface area contributed by atoms with Crippen LogP contribution in [0, 0.1) is 0 Å². The van der Waals surface area contributed by atoms with E-state index < -0.39 is 38.0 Å². The average molecular weight is 580 g/mol. The van der Waals surface area contributed by atoms with Crippen molar-refractivity contribution in [2.24, 2.45) is 0 Å². The molecule has 1 amide bonds. The monoisotopic (exact) mass is 579 g/mol. The van der Waals surface area contributed by atoms with Crippen molar-refractivity contribution in [1.29, 1.82) is 0 Å². The van der Waals surface area contributed by atoms with Gasteiger partial charge in [0, 0.05) is 24.5 Å². The van der Waals surface area contributed by atoms with Gasteiger partial charge in [-0.2, -0.15) is 4.31 Å². The molecule has 11 nitrogen and oxygen atoms in total. The zero-order chi connectivity index (χ0) is 27.3. The highest BCUT2D eigenvalue weighted by Gasteiger charge is 2.26. The van der Waals surface area contributed by atoms with Crippen LogP contribution in [-0.2, 0) is 34.3 Å². The highest BCUT2D eigenvalue weighted by Crippen LogP contribution is 2.22. The summed E-state index contributed by atoms with van der Waals surface area (Å²) in [5.74, 6) is -1.38. The van der Waals surface area contributed by atoms with Crippen LogP contribution in [0.5, 0.6) is 0 Å². The summed E-state index contributed by atoms with van der Waals surface area (Å²) in [7, 11) is -7.38. The molecule has 0 spiro atoms. The molecule has 38 heavy (non-hydrogen) atoms. The Morgan fingerprint density at radius 1 is 0.947 bits per heavy atom. The molecule has 1 unspecified atom stereocenters. The molecular weight excluding hydrogens is 554 g/mol. The molecule has 3 aromatic rings. The number of ether oxygens (including phenoxy) is 2. The van der Waals surface area contributed by atoms with E-state index in [0.717, 1.165) is 11.3 Å². The van der Waals surface area contributed by atoms with E-state index in [4.69, 9.17) is 9.47 Å². The van der Waals surface area contributed by atoms with Gasteiger partial charge in [-0.15, -0.1) is 11.3 Å². The topological polar surface area (TPSA) is 148 Å². The second-order valence-electron chi connectivity index (χ2n) is 8.19. The lowest BCUT2D eigenvalue weighted by atomic mass is 10.2. The number of rotatable bonds is 9. The Morgan fingerprint density at radius 2 is 1.58 bits per heavy atom. The third-order valence-electron chi connectivity index (χ3n) is 5.52. The molecule has 2 N–H and O–H groups in total. The van der Waals surface area contributed by atoms with E-state index in [0.29, 0.717) is 18.9 Å². The first-order valence-electron chi connectivity index (χ1n) is 11.4. The van der Waals surface area contributed by atoms with Gasteiger partial charge < -0.3 is 14.8 Å². The molecule has 0 bridgehead atoms. The maximum atomic E-state index is 12.7. The van der Waals surface area contributed by atoms with Crippen molar-refractivity contribution in [1.82, 2.24) is 4.31 Å². The van der Waals surface area contributed by atoms with Crippen molar-refractivity contribution in [3.8, 4) is 0 Å². The molecule has 2 heterocycles. The minimum absolute atomic E-state index is 0.0954. The summed E-state index contributed by atoms with van der Waals surface area (Å²) in [5, 5.41) is 4.23. The van der Waals surface area contributed by atoms with Gasteiger partial charge in [0.25, 0.3) is 15.9 Å². The molecule has 202 valence electrons. The number of morpholine rings is 1. The van der Waals surface area contributed by atoms with E-state index in [1.165, 1.54) is 65.8 Å². The number of carbonyl (C=O) groups is 2. The third-order valence-corrected chi connectivity index (χ3v) is 10.2. The predicted molar refractivity (Wildman–Crippen MR) is 141 cm³/mol. The first kappa shape index (κ1) is 27.7. The molecule has 1 atom stereocenters. The lowest BCUT2D eigenvalue weighted by Gasteiger charge is -2.26. The Kier molecular flexibility index (Phi) is 8.47. The van der Waals surface area contributed by atoms with Crippen molar-refractivity contribution in [3.05, 3.63) is 71.6 Å². The number of esters is 1. The van der Waals surface area contributed by atoms with Gasteiger partial charge in [0.15, 0.2) is 6.10 Å². The number of benzene rings is 2. The maximum Gasteiger partial charge on any atom is 0.338 e. The van der Waals surface area contributed by atoms with Crippen LogP contribution in [0.2, 0.25) is 0 Å². The number of thiophene rings is 1. The summed E-state index contributed by atoms with van der Waals surface area (Å²) in [4.78, 5) is 25.1. The first-order chi connectivity index (χ1) is 18.1. The summed E-state index contributed by atoms with van der Waals surface area (Å²) in [6.07, 6.45) is -1.16. The highest BCUT2D eigenvalue weighted by atomic mass is 32.2. The fraction of sp³-hybridized carbons (Fsp3) is 0.250. The number of nitrogens with one attached hydrogen (secondary N) is 2.